The first-order valence-corrected chi connectivity index (χ1v) is 23.9. The van der Waals surface area contributed by atoms with Gasteiger partial charge in [0.05, 0.1) is 11.1 Å². The van der Waals surface area contributed by atoms with Gasteiger partial charge in [0.25, 0.3) is 0 Å². The molecule has 2 aliphatic rings. The van der Waals surface area contributed by atoms with E-state index in [0.717, 1.165) is 148 Å². The lowest BCUT2D eigenvalue weighted by Crippen LogP contribution is -2.51. The van der Waals surface area contributed by atoms with Gasteiger partial charge in [-0.1, -0.05) is 130 Å². The summed E-state index contributed by atoms with van der Waals surface area (Å²) in [4.78, 5) is 24.8. The molecule has 4 rings (SSSR count). The molecule has 2 aromatic carbocycles. The standard InChI is InChI=1S/C40H58F2O4Si2/c1-5-9-13-17-21-47(22-18-14-10-6-2)35-27-29(39(43)44)33(41)25-31(35)38-37(47)32-26-34(42)30(40(45)46)28-36(32)48(38,23-19-15-11-7-3)24-20-16-12-8-4/h25-28H,5-24H2,1-4H3,(H,43,44)(H,45,46). The molecule has 0 aliphatic carbocycles. The summed E-state index contributed by atoms with van der Waals surface area (Å²) in [6, 6.07) is 10.1. The van der Waals surface area contributed by atoms with Crippen molar-refractivity contribution in [2.45, 2.75) is 155 Å². The Bertz CT molecular complexity index is 1350. The Labute approximate surface area is 289 Å². The molecule has 48 heavy (non-hydrogen) atoms. The normalized spacial score (nSPS) is 15.5. The lowest BCUT2D eigenvalue weighted by molar-refractivity contribution is 0.0681. The van der Waals surface area contributed by atoms with Gasteiger partial charge in [0.1, 0.15) is 27.8 Å². The predicted molar refractivity (Wildman–Crippen MR) is 200 cm³/mol. The number of hydrogen-bond donors (Lipinski definition) is 2. The minimum absolute atomic E-state index is 0.264. The van der Waals surface area contributed by atoms with Crippen LogP contribution in [0.15, 0.2) is 24.3 Å². The van der Waals surface area contributed by atoms with Crippen LogP contribution in [0.4, 0.5) is 8.78 Å². The van der Waals surface area contributed by atoms with E-state index in [0.29, 0.717) is 0 Å². The molecule has 0 unspecified atom stereocenters. The summed E-state index contributed by atoms with van der Waals surface area (Å²) in [6.07, 6.45) is 17.1. The molecule has 0 bridgehead atoms. The number of unbranched alkanes of at least 4 members (excludes halogenated alkanes) is 12. The van der Waals surface area contributed by atoms with Gasteiger partial charge in [0.15, 0.2) is 0 Å². The summed E-state index contributed by atoms with van der Waals surface area (Å²) in [6.45, 7) is 8.77. The number of carbonyl (C=O) groups is 2. The molecular weight excluding hydrogens is 639 g/mol. The molecule has 264 valence electrons. The fourth-order valence-corrected chi connectivity index (χ4v) is 22.1. The van der Waals surface area contributed by atoms with Crippen molar-refractivity contribution in [3.05, 3.63) is 58.2 Å². The molecule has 0 radical (unpaired) electrons. The lowest BCUT2D eigenvalue weighted by Gasteiger charge is -2.35. The van der Waals surface area contributed by atoms with Gasteiger partial charge in [0.2, 0.25) is 0 Å². The van der Waals surface area contributed by atoms with E-state index in [4.69, 9.17) is 0 Å². The summed E-state index contributed by atoms with van der Waals surface area (Å²) in [5.74, 6) is -3.91. The van der Waals surface area contributed by atoms with Gasteiger partial charge in [-0.2, -0.15) is 0 Å². The van der Waals surface area contributed by atoms with E-state index in [9.17, 15) is 19.8 Å². The summed E-state index contributed by atoms with van der Waals surface area (Å²) in [5, 5.41) is 24.8. The third-order valence-electron chi connectivity index (χ3n) is 11.3. The number of halogens is 2. The van der Waals surface area contributed by atoms with Gasteiger partial charge in [-0.3, -0.25) is 0 Å². The first-order valence-electron chi connectivity index (χ1n) is 19.0. The maximum absolute atomic E-state index is 15.9. The molecule has 2 heterocycles. The molecule has 0 saturated carbocycles. The number of rotatable bonds is 22. The topological polar surface area (TPSA) is 74.6 Å². The zero-order valence-corrected chi connectivity index (χ0v) is 31.9. The van der Waals surface area contributed by atoms with E-state index < -0.39 is 39.7 Å². The molecule has 0 atom stereocenters. The van der Waals surface area contributed by atoms with Crippen molar-refractivity contribution in [3.8, 4) is 0 Å². The van der Waals surface area contributed by atoms with Crippen LogP contribution in [0.3, 0.4) is 0 Å². The second-order valence-electron chi connectivity index (χ2n) is 14.5. The quantitative estimate of drug-likeness (QED) is 0.0949. The van der Waals surface area contributed by atoms with Crippen molar-refractivity contribution in [1.29, 1.82) is 0 Å². The highest BCUT2D eigenvalue weighted by Gasteiger charge is 2.58. The van der Waals surface area contributed by atoms with Crippen LogP contribution in [-0.2, 0) is 0 Å². The van der Waals surface area contributed by atoms with Crippen LogP contribution in [-0.4, -0.2) is 38.3 Å². The van der Waals surface area contributed by atoms with Gasteiger partial charge in [-0.15, -0.1) is 0 Å². The molecule has 2 aliphatic heterocycles. The van der Waals surface area contributed by atoms with Crippen molar-refractivity contribution in [2.24, 2.45) is 0 Å². The molecule has 2 aromatic rings. The molecule has 0 amide bonds. The van der Waals surface area contributed by atoms with E-state index in [1.165, 1.54) is 22.5 Å². The lowest BCUT2D eigenvalue weighted by atomic mass is 10.1. The zero-order valence-electron chi connectivity index (χ0n) is 29.9. The van der Waals surface area contributed by atoms with Gasteiger partial charge >= 0.3 is 11.9 Å². The fourth-order valence-electron chi connectivity index (χ4n) is 8.92. The summed E-state index contributed by atoms with van der Waals surface area (Å²) < 4.78 is 31.8. The first-order chi connectivity index (χ1) is 23.1. The van der Waals surface area contributed by atoms with Gasteiger partial charge < -0.3 is 10.2 Å². The first kappa shape index (κ1) is 38.2. The Morgan fingerprint density at radius 2 is 0.792 bits per heavy atom. The highest BCUT2D eigenvalue weighted by molar-refractivity contribution is 7.21. The highest BCUT2D eigenvalue weighted by Crippen LogP contribution is 2.55. The Balaban J connectivity index is 2.09. The average Bonchev–Trinajstić information content (AvgIpc) is 3.48. The van der Waals surface area contributed by atoms with Crippen LogP contribution >= 0.6 is 0 Å². The van der Waals surface area contributed by atoms with Gasteiger partial charge in [-0.05, 0) is 80.3 Å². The third kappa shape index (κ3) is 7.59. The monoisotopic (exact) mass is 696 g/mol. The third-order valence-corrected chi connectivity index (χ3v) is 22.2. The second kappa shape index (κ2) is 17.4. The number of aromatic carboxylic acids is 2. The van der Waals surface area contributed by atoms with E-state index in [-0.39, 0.29) is 11.1 Å². The van der Waals surface area contributed by atoms with Crippen molar-refractivity contribution < 1.29 is 28.6 Å². The molecule has 0 spiro atoms. The van der Waals surface area contributed by atoms with Crippen LogP contribution < -0.4 is 10.4 Å². The molecule has 0 aromatic heterocycles. The largest absolute Gasteiger partial charge is 0.478 e. The maximum Gasteiger partial charge on any atom is 0.338 e. The Morgan fingerprint density at radius 3 is 1.04 bits per heavy atom. The van der Waals surface area contributed by atoms with Gasteiger partial charge in [0, 0.05) is 0 Å². The molecule has 8 heteroatoms. The molecule has 4 nitrogen and oxygen atoms in total. The second-order valence-corrected chi connectivity index (χ2v) is 22.9. The smallest absolute Gasteiger partial charge is 0.338 e. The molecular formula is C40H58F2O4Si2. The number of hydrogen-bond acceptors (Lipinski definition) is 2. The zero-order chi connectivity index (χ0) is 34.9. The van der Waals surface area contributed by atoms with Crippen molar-refractivity contribution >= 4 is 48.9 Å². The highest BCUT2D eigenvalue weighted by atomic mass is 28.3. The van der Waals surface area contributed by atoms with E-state index >= 15 is 8.78 Å². The summed E-state index contributed by atoms with van der Waals surface area (Å²) >= 11 is 0. The number of carboxylic acids is 2. The number of fused-ring (bicyclic) bond motifs is 4. The molecule has 0 saturated heterocycles. The van der Waals surface area contributed by atoms with Crippen molar-refractivity contribution in [2.75, 3.05) is 0 Å². The maximum atomic E-state index is 15.9. The predicted octanol–water partition coefficient (Wildman–Crippen LogP) is 11.0. The summed E-state index contributed by atoms with van der Waals surface area (Å²) in [5.41, 5.74) is 1.24. The van der Waals surface area contributed by atoms with Crippen LogP contribution in [0, 0.1) is 11.6 Å². The van der Waals surface area contributed by atoms with Crippen LogP contribution in [0.1, 0.15) is 162 Å². The Kier molecular flexibility index (Phi) is 13.8. The van der Waals surface area contributed by atoms with E-state index in [1.807, 2.05) is 0 Å². The van der Waals surface area contributed by atoms with Crippen LogP contribution in [0.2, 0.25) is 24.2 Å². The van der Waals surface area contributed by atoms with Crippen molar-refractivity contribution in [3.63, 3.8) is 0 Å². The van der Waals surface area contributed by atoms with Crippen LogP contribution in [0.25, 0.3) is 10.4 Å². The fraction of sp³-hybridized carbons (Fsp3) is 0.600. The SMILES string of the molecule is CCCCCC[Si]1(CCCCCC)C2=C(c3cc(F)c(C(=O)O)cc31)[Si](CCCCCC)(CCCCCC)c1cc(C(=O)O)c(F)cc12. The van der Waals surface area contributed by atoms with Crippen LogP contribution in [0.5, 0.6) is 0 Å². The average molecular weight is 697 g/mol. The molecule has 2 N–H and O–H groups in total. The van der Waals surface area contributed by atoms with E-state index in [1.54, 1.807) is 12.1 Å². The van der Waals surface area contributed by atoms with Gasteiger partial charge in [-0.25, -0.2) is 18.4 Å². The Morgan fingerprint density at radius 1 is 0.500 bits per heavy atom. The molecule has 0 fully saturated rings. The number of benzene rings is 2. The Hall–Kier alpha value is -2.59. The van der Waals surface area contributed by atoms with Crippen molar-refractivity contribution in [1.82, 2.24) is 0 Å². The van der Waals surface area contributed by atoms with E-state index in [2.05, 4.69) is 27.7 Å². The summed E-state index contributed by atoms with van der Waals surface area (Å²) in [7, 11) is -5.46. The minimum Gasteiger partial charge on any atom is -0.478 e. The number of carboxylic acid groups (broad SMARTS) is 2. The minimum atomic E-state index is -2.73.